The van der Waals surface area contributed by atoms with Crippen molar-refractivity contribution < 1.29 is 37.0 Å². The van der Waals surface area contributed by atoms with Gasteiger partial charge in [-0.2, -0.15) is 0 Å². The molecule has 0 atom stereocenters. The minimum absolute atomic E-state index is 0.00184. The molecule has 0 aliphatic heterocycles. The Labute approximate surface area is 209 Å². The first-order chi connectivity index (χ1) is 17.2. The predicted octanol–water partition coefficient (Wildman–Crippen LogP) is 3.33. The molecule has 3 rings (SSSR count). The minimum Gasteiger partial charge on any atom is -0.497 e. The highest BCUT2D eigenvalue weighted by Gasteiger charge is 2.28. The van der Waals surface area contributed by atoms with E-state index in [1.54, 1.807) is 36.4 Å². The Morgan fingerprint density at radius 1 is 0.833 bits per heavy atom. The highest BCUT2D eigenvalue weighted by Crippen LogP contribution is 2.34. The number of carbonyl (C=O) groups excluding carboxylic acids is 2. The molecule has 0 saturated carbocycles. The van der Waals surface area contributed by atoms with Gasteiger partial charge in [-0.3, -0.25) is 9.10 Å². The van der Waals surface area contributed by atoms with E-state index in [1.165, 1.54) is 58.8 Å². The Morgan fingerprint density at radius 2 is 1.50 bits per heavy atom. The van der Waals surface area contributed by atoms with Crippen molar-refractivity contribution in [2.75, 3.05) is 44.6 Å². The topological polar surface area (TPSA) is 120 Å². The Kier molecular flexibility index (Phi) is 8.38. The van der Waals surface area contributed by atoms with Gasteiger partial charge in [0.15, 0.2) is 11.5 Å². The number of ether oxygens (including phenoxy) is 4. The van der Waals surface area contributed by atoms with Crippen LogP contribution in [0.15, 0.2) is 71.6 Å². The van der Waals surface area contributed by atoms with E-state index in [0.717, 1.165) is 4.31 Å². The Balaban J connectivity index is 2.02. The Hall–Kier alpha value is -4.25. The number of anilines is 2. The molecule has 0 aliphatic rings. The third-order valence-electron chi connectivity index (χ3n) is 5.16. The molecule has 0 heterocycles. The normalized spacial score (nSPS) is 10.8. The summed E-state index contributed by atoms with van der Waals surface area (Å²) in [4.78, 5) is 25.5. The maximum atomic E-state index is 13.5. The van der Waals surface area contributed by atoms with E-state index in [1.807, 2.05) is 0 Å². The average molecular weight is 515 g/mol. The number of benzene rings is 3. The molecule has 0 saturated heterocycles. The number of sulfonamides is 1. The van der Waals surface area contributed by atoms with Crippen LogP contribution in [0.3, 0.4) is 0 Å². The van der Waals surface area contributed by atoms with Gasteiger partial charge in [-0.1, -0.05) is 24.3 Å². The molecule has 0 aliphatic carbocycles. The molecule has 190 valence electrons. The van der Waals surface area contributed by atoms with Crippen molar-refractivity contribution in [2.45, 2.75) is 4.90 Å². The lowest BCUT2D eigenvalue weighted by atomic mass is 10.1. The molecule has 3 aromatic carbocycles. The number of hydrogen-bond acceptors (Lipinski definition) is 8. The number of methoxy groups -OCH3 is 4. The largest absolute Gasteiger partial charge is 0.497 e. The summed E-state index contributed by atoms with van der Waals surface area (Å²) in [6.07, 6.45) is 0. The van der Waals surface area contributed by atoms with Crippen LogP contribution in [0.2, 0.25) is 0 Å². The molecule has 10 nitrogen and oxygen atoms in total. The van der Waals surface area contributed by atoms with Crippen LogP contribution in [0, 0.1) is 0 Å². The lowest BCUT2D eigenvalue weighted by Gasteiger charge is -2.24. The van der Waals surface area contributed by atoms with Crippen LogP contribution in [-0.2, 0) is 19.6 Å². The molecule has 1 amide bonds. The zero-order chi connectivity index (χ0) is 26.3. The summed E-state index contributed by atoms with van der Waals surface area (Å²) in [5.41, 5.74) is 0.281. The van der Waals surface area contributed by atoms with Crippen molar-refractivity contribution in [1.82, 2.24) is 0 Å². The van der Waals surface area contributed by atoms with E-state index in [2.05, 4.69) is 5.32 Å². The second-order valence-electron chi connectivity index (χ2n) is 7.32. The van der Waals surface area contributed by atoms with Gasteiger partial charge in [0.2, 0.25) is 5.91 Å². The number of rotatable bonds is 10. The zero-order valence-corrected chi connectivity index (χ0v) is 21.0. The fraction of sp³-hybridized carbons (Fsp3) is 0.200. The summed E-state index contributed by atoms with van der Waals surface area (Å²) in [6, 6.07) is 16.8. The summed E-state index contributed by atoms with van der Waals surface area (Å²) in [6.45, 7) is -0.598. The molecule has 11 heteroatoms. The lowest BCUT2D eigenvalue weighted by molar-refractivity contribution is -0.114. The summed E-state index contributed by atoms with van der Waals surface area (Å²) in [5.74, 6) is -0.529. The van der Waals surface area contributed by atoms with Crippen molar-refractivity contribution in [3.8, 4) is 17.2 Å². The third-order valence-corrected chi connectivity index (χ3v) is 6.95. The van der Waals surface area contributed by atoms with Crippen molar-refractivity contribution >= 4 is 33.3 Å². The maximum absolute atomic E-state index is 13.5. The molecular formula is C25H26N2O8S. The van der Waals surface area contributed by atoms with Crippen LogP contribution in [0.4, 0.5) is 11.4 Å². The van der Waals surface area contributed by atoms with Crippen molar-refractivity contribution in [3.05, 3.63) is 72.3 Å². The molecule has 0 radical (unpaired) electrons. The number of hydrogen-bond donors (Lipinski definition) is 1. The van der Waals surface area contributed by atoms with Gasteiger partial charge in [-0.15, -0.1) is 0 Å². The molecule has 0 bridgehead atoms. The van der Waals surface area contributed by atoms with Gasteiger partial charge in [0.1, 0.15) is 12.3 Å². The summed E-state index contributed by atoms with van der Waals surface area (Å²) >= 11 is 0. The van der Waals surface area contributed by atoms with Crippen LogP contribution in [0.1, 0.15) is 10.4 Å². The van der Waals surface area contributed by atoms with Gasteiger partial charge in [0.05, 0.1) is 50.3 Å². The molecule has 1 N–H and O–H groups in total. The summed E-state index contributed by atoms with van der Waals surface area (Å²) in [5, 5.41) is 2.59. The molecule has 0 spiro atoms. The van der Waals surface area contributed by atoms with E-state index in [9.17, 15) is 18.0 Å². The second kappa shape index (κ2) is 11.5. The van der Waals surface area contributed by atoms with Crippen LogP contribution in [0.25, 0.3) is 0 Å². The molecule has 0 fully saturated rings. The molecule has 3 aromatic rings. The number of esters is 1. The van der Waals surface area contributed by atoms with E-state index >= 15 is 0 Å². The Morgan fingerprint density at radius 3 is 2.11 bits per heavy atom. The smallest absolute Gasteiger partial charge is 0.340 e. The number of nitrogens with zero attached hydrogens (tertiary/aromatic N) is 1. The molecule has 36 heavy (non-hydrogen) atoms. The van der Waals surface area contributed by atoms with Crippen LogP contribution < -0.4 is 23.8 Å². The van der Waals surface area contributed by atoms with Gasteiger partial charge < -0.3 is 24.3 Å². The number of carbonyl (C=O) groups is 2. The second-order valence-corrected chi connectivity index (χ2v) is 9.18. The van der Waals surface area contributed by atoms with Crippen molar-refractivity contribution in [3.63, 3.8) is 0 Å². The maximum Gasteiger partial charge on any atom is 0.340 e. The standard InChI is InChI=1S/C25H26N2O8S/c1-32-18-10-8-9-17(13-18)27(36(30,31)19-11-6-5-7-12-19)16-24(28)26-21-15-23(34-3)22(33-2)14-20(21)25(29)35-4/h5-15H,16H2,1-4H3,(H,26,28). The molecular weight excluding hydrogens is 488 g/mol. The fourth-order valence-electron chi connectivity index (χ4n) is 3.38. The quantitative estimate of drug-likeness (QED) is 0.409. The first-order valence-corrected chi connectivity index (χ1v) is 12.0. The van der Waals surface area contributed by atoms with Gasteiger partial charge in [-0.05, 0) is 24.3 Å². The average Bonchev–Trinajstić information content (AvgIpc) is 2.91. The van der Waals surface area contributed by atoms with E-state index in [4.69, 9.17) is 18.9 Å². The van der Waals surface area contributed by atoms with Crippen LogP contribution in [-0.4, -0.2) is 55.3 Å². The van der Waals surface area contributed by atoms with Gasteiger partial charge in [0, 0.05) is 18.2 Å². The van der Waals surface area contributed by atoms with Crippen LogP contribution in [0.5, 0.6) is 17.2 Å². The van der Waals surface area contributed by atoms with Gasteiger partial charge in [0.25, 0.3) is 10.0 Å². The van der Waals surface area contributed by atoms with E-state index in [0.29, 0.717) is 5.75 Å². The summed E-state index contributed by atoms with van der Waals surface area (Å²) < 4.78 is 48.5. The number of nitrogens with one attached hydrogen (secondary N) is 1. The molecule has 0 unspecified atom stereocenters. The van der Waals surface area contributed by atoms with Gasteiger partial charge in [-0.25, -0.2) is 13.2 Å². The van der Waals surface area contributed by atoms with Crippen molar-refractivity contribution in [1.29, 1.82) is 0 Å². The predicted molar refractivity (Wildman–Crippen MR) is 133 cm³/mol. The monoisotopic (exact) mass is 514 g/mol. The highest BCUT2D eigenvalue weighted by atomic mass is 32.2. The zero-order valence-electron chi connectivity index (χ0n) is 20.2. The van der Waals surface area contributed by atoms with Crippen molar-refractivity contribution in [2.24, 2.45) is 0 Å². The SMILES string of the molecule is COC(=O)c1cc(OC)c(OC)cc1NC(=O)CN(c1cccc(OC)c1)S(=O)(=O)c1ccccc1. The first kappa shape index (κ1) is 26.4. The fourth-order valence-corrected chi connectivity index (χ4v) is 4.82. The minimum atomic E-state index is -4.14. The molecule has 0 aromatic heterocycles. The Bertz CT molecular complexity index is 1340. The highest BCUT2D eigenvalue weighted by molar-refractivity contribution is 7.92. The lowest BCUT2D eigenvalue weighted by Crippen LogP contribution is -2.38. The number of amides is 1. The van der Waals surface area contributed by atoms with Crippen LogP contribution >= 0.6 is 0 Å². The van der Waals surface area contributed by atoms with E-state index < -0.39 is 28.4 Å². The summed E-state index contributed by atoms with van der Waals surface area (Å²) in [7, 11) is 1.31. The first-order valence-electron chi connectivity index (χ1n) is 10.6. The van der Waals surface area contributed by atoms with E-state index in [-0.39, 0.29) is 33.3 Å². The third kappa shape index (κ3) is 5.69. The van der Waals surface area contributed by atoms with Gasteiger partial charge >= 0.3 is 5.97 Å².